The van der Waals surface area contributed by atoms with E-state index in [1.807, 2.05) is 0 Å². The number of ether oxygens (including phenoxy) is 12. The van der Waals surface area contributed by atoms with Crippen LogP contribution in [0.4, 0.5) is 0 Å². The lowest BCUT2D eigenvalue weighted by molar-refractivity contribution is -0.408. The molecule has 474 valence electrons. The lowest BCUT2D eigenvalue weighted by Gasteiger charge is -2.58. The van der Waals surface area contributed by atoms with Crippen LogP contribution in [0.3, 0.4) is 0 Å². The molecule has 11 rings (SSSR count). The molecule has 3 saturated carbocycles. The Bertz CT molecular complexity index is 2280. The summed E-state index contributed by atoms with van der Waals surface area (Å²) in [6, 6.07) is 0. The van der Waals surface area contributed by atoms with Gasteiger partial charge in [-0.15, -0.1) is 0 Å². The van der Waals surface area contributed by atoms with Gasteiger partial charge in [0.2, 0.25) is 0 Å². The molecule has 0 aromatic rings. The molecule has 7 heterocycles. The van der Waals surface area contributed by atoms with Crippen molar-refractivity contribution in [1.29, 1.82) is 0 Å². The first kappa shape index (κ1) is 62.9. The zero-order valence-corrected chi connectivity index (χ0v) is 46.8. The minimum atomic E-state index is -2.15. The van der Waals surface area contributed by atoms with Crippen LogP contribution in [-0.4, -0.2) is 287 Å². The summed E-state index contributed by atoms with van der Waals surface area (Å²) in [4.78, 5) is 14.8. The van der Waals surface area contributed by atoms with E-state index >= 15 is 0 Å². The Kier molecular flexibility index (Phi) is 18.4. The molecular weight excluding hydrogens is 1110 g/mol. The number of allylic oxidation sites excluding steroid dienone is 1. The van der Waals surface area contributed by atoms with Crippen molar-refractivity contribution in [3.63, 3.8) is 0 Å². The van der Waals surface area contributed by atoms with Crippen LogP contribution in [0.5, 0.6) is 0 Å². The summed E-state index contributed by atoms with van der Waals surface area (Å²) in [6.45, 7) is 5.20. The molecule has 11 aliphatic rings. The van der Waals surface area contributed by atoms with Crippen LogP contribution in [0.25, 0.3) is 0 Å². The molecule has 7 aliphatic heterocycles. The lowest BCUT2D eigenvalue weighted by atomic mass is 9.46. The molecule has 10 fully saturated rings. The van der Waals surface area contributed by atoms with Crippen molar-refractivity contribution in [2.24, 2.45) is 46.3 Å². The fourth-order valence-electron chi connectivity index (χ4n) is 16.2. The van der Waals surface area contributed by atoms with Gasteiger partial charge in [0.15, 0.2) is 37.2 Å². The fourth-order valence-corrected chi connectivity index (χ4v) is 16.2. The number of Topliss-reactive ketones (excluding diaryl/α,β-unsaturated/α-hetero) is 1. The molecule has 1 spiro atoms. The first-order valence-electron chi connectivity index (χ1n) is 29.4. The molecule has 0 aromatic carbocycles. The van der Waals surface area contributed by atoms with Crippen molar-refractivity contribution in [3.05, 3.63) is 11.6 Å². The standard InChI is InChI=1S/C55H86O28/c1-19-7-8-55(74-16-19)20(2)34-29(83-55)10-24-22-6-5-21-9-28(25(59)12-53(21,3)23(22)11-33(62)54(24,34)4)75-50-42(70)39(67)44(32(15-58)78-50)79-52-47(46(38(66)31(14-57)77-52)81-49-41(69)36(64)27(61)18-73-49)82-51-43(71)45(37(65)30(13-56)76-51)80-48-40(68)35(63)26(60)17-72-48/h5,19-20,22-32,34-52,56-61,63-71H,6-18H2,1-4H3. The third-order valence-corrected chi connectivity index (χ3v) is 21.1. The van der Waals surface area contributed by atoms with Crippen LogP contribution in [0.1, 0.15) is 72.6 Å². The zero-order valence-electron chi connectivity index (χ0n) is 46.8. The molecule has 35 atom stereocenters. The second-order valence-corrected chi connectivity index (χ2v) is 25.8. The molecule has 28 heteroatoms. The highest BCUT2D eigenvalue weighted by molar-refractivity contribution is 5.87. The summed E-state index contributed by atoms with van der Waals surface area (Å²) < 4.78 is 72.5. The molecular formula is C55H86O28. The Morgan fingerprint density at radius 2 is 1.12 bits per heavy atom. The largest absolute Gasteiger partial charge is 0.394 e. The normalized spacial score (nSPS) is 56.4. The van der Waals surface area contributed by atoms with Gasteiger partial charge in [0.25, 0.3) is 0 Å². The molecule has 7 saturated heterocycles. The van der Waals surface area contributed by atoms with E-state index in [2.05, 4.69) is 33.8 Å². The summed E-state index contributed by atoms with van der Waals surface area (Å²) in [5.74, 6) is 0.139. The summed E-state index contributed by atoms with van der Waals surface area (Å²) in [7, 11) is 0. The Morgan fingerprint density at radius 1 is 0.566 bits per heavy atom. The average molecular weight is 1200 g/mol. The molecule has 28 nitrogen and oxygen atoms in total. The van der Waals surface area contributed by atoms with Crippen LogP contribution in [0.15, 0.2) is 11.6 Å². The van der Waals surface area contributed by atoms with Gasteiger partial charge in [-0.05, 0) is 61.2 Å². The van der Waals surface area contributed by atoms with Crippen LogP contribution < -0.4 is 0 Å². The first-order valence-corrected chi connectivity index (χ1v) is 29.4. The molecule has 15 N–H and O–H groups in total. The van der Waals surface area contributed by atoms with E-state index in [0.717, 1.165) is 24.8 Å². The maximum Gasteiger partial charge on any atom is 0.187 e. The molecule has 35 unspecified atom stereocenters. The van der Waals surface area contributed by atoms with Gasteiger partial charge in [-0.3, -0.25) is 4.79 Å². The second-order valence-electron chi connectivity index (χ2n) is 25.8. The number of hydrogen-bond donors (Lipinski definition) is 15. The van der Waals surface area contributed by atoms with Crippen LogP contribution in [0.2, 0.25) is 0 Å². The monoisotopic (exact) mass is 1190 g/mol. The summed E-state index contributed by atoms with van der Waals surface area (Å²) in [5.41, 5.74) is -0.227. The first-order chi connectivity index (χ1) is 39.4. The summed E-state index contributed by atoms with van der Waals surface area (Å²) in [6.07, 6.45) is -38.9. The number of aliphatic hydroxyl groups excluding tert-OH is 15. The second kappa shape index (κ2) is 24.3. The van der Waals surface area contributed by atoms with Crippen molar-refractivity contribution < 1.29 is 138 Å². The third-order valence-electron chi connectivity index (χ3n) is 21.1. The van der Waals surface area contributed by atoms with E-state index in [1.165, 1.54) is 0 Å². The number of hydrogen-bond acceptors (Lipinski definition) is 28. The summed E-state index contributed by atoms with van der Waals surface area (Å²) >= 11 is 0. The minimum Gasteiger partial charge on any atom is -0.394 e. The van der Waals surface area contributed by atoms with E-state index in [4.69, 9.17) is 56.8 Å². The number of rotatable bonds is 13. The number of fused-ring (bicyclic) bond motifs is 7. The van der Waals surface area contributed by atoms with E-state index in [1.54, 1.807) is 0 Å². The van der Waals surface area contributed by atoms with Gasteiger partial charge < -0.3 is 133 Å². The molecule has 83 heavy (non-hydrogen) atoms. The highest BCUT2D eigenvalue weighted by Gasteiger charge is 2.72. The van der Waals surface area contributed by atoms with Gasteiger partial charge in [-0.1, -0.05) is 39.3 Å². The summed E-state index contributed by atoms with van der Waals surface area (Å²) in [5, 5.41) is 165. The van der Waals surface area contributed by atoms with Crippen molar-refractivity contribution in [2.75, 3.05) is 39.6 Å². The highest BCUT2D eigenvalue weighted by atomic mass is 16.8. The molecule has 0 amide bonds. The van der Waals surface area contributed by atoms with Gasteiger partial charge in [0.05, 0.1) is 58.0 Å². The van der Waals surface area contributed by atoms with Crippen LogP contribution >= 0.6 is 0 Å². The Morgan fingerprint density at radius 3 is 1.73 bits per heavy atom. The third kappa shape index (κ3) is 10.8. The Labute approximate surface area is 478 Å². The van der Waals surface area contributed by atoms with Gasteiger partial charge in [-0.25, -0.2) is 0 Å². The number of aliphatic hydroxyl groups is 15. The van der Waals surface area contributed by atoms with Gasteiger partial charge in [0.1, 0.15) is 116 Å². The maximum atomic E-state index is 14.8. The van der Waals surface area contributed by atoms with Gasteiger partial charge in [-0.2, -0.15) is 0 Å². The number of carbonyl (C=O) groups excluding carboxylic acids is 1. The number of ketones is 1. The minimum absolute atomic E-state index is 0.0163. The van der Waals surface area contributed by atoms with E-state index in [0.29, 0.717) is 25.4 Å². The van der Waals surface area contributed by atoms with E-state index in [9.17, 15) is 81.4 Å². The van der Waals surface area contributed by atoms with Crippen molar-refractivity contribution in [1.82, 2.24) is 0 Å². The van der Waals surface area contributed by atoms with Crippen molar-refractivity contribution in [3.8, 4) is 0 Å². The van der Waals surface area contributed by atoms with Crippen LogP contribution in [0, 0.1) is 46.3 Å². The van der Waals surface area contributed by atoms with Crippen LogP contribution in [-0.2, 0) is 61.6 Å². The van der Waals surface area contributed by atoms with Crippen molar-refractivity contribution in [2.45, 2.75) is 238 Å². The van der Waals surface area contributed by atoms with Crippen molar-refractivity contribution >= 4 is 5.78 Å². The maximum absolute atomic E-state index is 14.8. The van der Waals surface area contributed by atoms with E-state index in [-0.39, 0.29) is 54.3 Å². The van der Waals surface area contributed by atoms with Gasteiger partial charge >= 0.3 is 0 Å². The number of carbonyl (C=O) groups is 1. The smallest absolute Gasteiger partial charge is 0.187 e. The molecule has 4 aliphatic carbocycles. The predicted molar refractivity (Wildman–Crippen MR) is 271 cm³/mol. The molecule has 0 bridgehead atoms. The average Bonchev–Trinajstić information content (AvgIpc) is 1.62. The van der Waals surface area contributed by atoms with Gasteiger partial charge in [0, 0.05) is 30.1 Å². The SMILES string of the molecule is CC1CCC2(OC1)OC1CC3C4CC=C5CC(OC6OC(CO)C(OC7OC(CO)C(O)C(OC8OCC(O)C(O)C8O)C7OC7OC(CO)C(O)C(OC8OCC(O)C(O)C8O)C7O)C(O)C6O)C(O)CC5(C)C4CC(=O)C3(C)C1C2C. The molecule has 0 radical (unpaired) electrons. The Balaban J connectivity index is 0.805. The lowest BCUT2D eigenvalue weighted by Crippen LogP contribution is -2.69. The quantitative estimate of drug-likeness (QED) is 0.0764. The molecule has 0 aromatic heterocycles. The highest BCUT2D eigenvalue weighted by Crippen LogP contribution is 2.70. The topological polar surface area (TPSA) is 431 Å². The fraction of sp³-hybridized carbons (Fsp3) is 0.945. The van der Waals surface area contributed by atoms with E-state index < -0.39 is 203 Å². The zero-order chi connectivity index (χ0) is 59.5. The predicted octanol–water partition coefficient (Wildman–Crippen LogP) is -5.74. The Hall–Kier alpha value is -1.67.